The molecule has 0 radical (unpaired) electrons. The summed E-state index contributed by atoms with van der Waals surface area (Å²) in [5.41, 5.74) is 0. The van der Waals surface area contributed by atoms with E-state index < -0.39 is 0 Å². The molecule has 1 aliphatic rings. The molecule has 0 unspecified atom stereocenters. The average molecular weight is 186 g/mol. The van der Waals surface area contributed by atoms with E-state index in [0.29, 0.717) is 5.92 Å². The minimum Gasteiger partial charge on any atom is -0.356 e. The van der Waals surface area contributed by atoms with Crippen molar-refractivity contribution < 1.29 is 4.79 Å². The van der Waals surface area contributed by atoms with Crippen LogP contribution in [0.1, 0.15) is 33.6 Å². The Labute approximate surface area is 81.3 Å². The number of hydrogen-bond donors (Lipinski definition) is 2. The van der Waals surface area contributed by atoms with Crippen LogP contribution in [0.3, 0.4) is 0 Å². The van der Waals surface area contributed by atoms with Crippen LogP contribution in [0.15, 0.2) is 0 Å². The molecule has 1 rings (SSSR count). The number of piperidine rings is 1. The lowest BCUT2D eigenvalue weighted by molar-refractivity contribution is -0.119. The SMILES string of the molecule is CC.CC(=O)NCC1CCNCC1. The van der Waals surface area contributed by atoms with Gasteiger partial charge in [-0.1, -0.05) is 13.8 Å². The monoisotopic (exact) mass is 186 g/mol. The molecule has 0 aromatic heterocycles. The number of carbonyl (C=O) groups is 1. The van der Waals surface area contributed by atoms with E-state index in [4.69, 9.17) is 0 Å². The van der Waals surface area contributed by atoms with E-state index in [1.165, 1.54) is 12.8 Å². The number of carbonyl (C=O) groups excluding carboxylic acids is 1. The van der Waals surface area contributed by atoms with Crippen LogP contribution in [0.5, 0.6) is 0 Å². The van der Waals surface area contributed by atoms with Crippen LogP contribution in [0.25, 0.3) is 0 Å². The summed E-state index contributed by atoms with van der Waals surface area (Å²) in [5.74, 6) is 0.781. The summed E-state index contributed by atoms with van der Waals surface area (Å²) in [5, 5.41) is 6.14. The summed E-state index contributed by atoms with van der Waals surface area (Å²) >= 11 is 0. The second-order valence-electron chi connectivity index (χ2n) is 3.13. The smallest absolute Gasteiger partial charge is 0.216 e. The highest BCUT2D eigenvalue weighted by molar-refractivity contribution is 5.72. The predicted molar refractivity (Wildman–Crippen MR) is 55.6 cm³/mol. The van der Waals surface area contributed by atoms with Gasteiger partial charge in [0.2, 0.25) is 5.91 Å². The van der Waals surface area contributed by atoms with Crippen LogP contribution < -0.4 is 10.6 Å². The summed E-state index contributed by atoms with van der Waals surface area (Å²) in [6.07, 6.45) is 2.39. The number of rotatable bonds is 2. The Morgan fingerprint density at radius 3 is 2.38 bits per heavy atom. The zero-order valence-electron chi connectivity index (χ0n) is 9.02. The summed E-state index contributed by atoms with van der Waals surface area (Å²) in [7, 11) is 0. The zero-order valence-corrected chi connectivity index (χ0v) is 9.02. The highest BCUT2D eigenvalue weighted by Gasteiger charge is 2.12. The molecule has 1 heterocycles. The Bertz CT molecular complexity index is 131. The minimum absolute atomic E-state index is 0.0866. The Kier molecular flexibility index (Phi) is 7.69. The van der Waals surface area contributed by atoms with Crippen molar-refractivity contribution >= 4 is 5.91 Å². The molecule has 3 nitrogen and oxygen atoms in total. The van der Waals surface area contributed by atoms with Crippen molar-refractivity contribution in [3.8, 4) is 0 Å². The Morgan fingerprint density at radius 1 is 1.38 bits per heavy atom. The molecule has 1 aliphatic heterocycles. The van der Waals surface area contributed by atoms with Crippen molar-refractivity contribution in [3.63, 3.8) is 0 Å². The minimum atomic E-state index is 0.0866. The molecule has 0 aromatic carbocycles. The van der Waals surface area contributed by atoms with Gasteiger partial charge in [0.15, 0.2) is 0 Å². The number of hydrogen-bond acceptors (Lipinski definition) is 2. The molecule has 3 heteroatoms. The fourth-order valence-corrected chi connectivity index (χ4v) is 1.37. The summed E-state index contributed by atoms with van der Waals surface area (Å²) < 4.78 is 0. The molecule has 0 spiro atoms. The second-order valence-corrected chi connectivity index (χ2v) is 3.13. The molecule has 0 saturated carbocycles. The maximum absolute atomic E-state index is 10.6. The van der Waals surface area contributed by atoms with E-state index in [0.717, 1.165) is 19.6 Å². The highest BCUT2D eigenvalue weighted by Crippen LogP contribution is 2.09. The lowest BCUT2D eigenvalue weighted by Gasteiger charge is -2.22. The largest absolute Gasteiger partial charge is 0.356 e. The lowest BCUT2D eigenvalue weighted by Crippen LogP contribution is -2.35. The van der Waals surface area contributed by atoms with E-state index in [9.17, 15) is 4.79 Å². The molecular weight excluding hydrogens is 164 g/mol. The Balaban J connectivity index is 0.000000671. The third-order valence-electron chi connectivity index (χ3n) is 2.10. The van der Waals surface area contributed by atoms with Crippen molar-refractivity contribution in [1.29, 1.82) is 0 Å². The van der Waals surface area contributed by atoms with E-state index >= 15 is 0 Å². The van der Waals surface area contributed by atoms with Crippen LogP contribution in [0.4, 0.5) is 0 Å². The van der Waals surface area contributed by atoms with Crippen molar-refractivity contribution in [2.75, 3.05) is 19.6 Å². The summed E-state index contributed by atoms with van der Waals surface area (Å²) in [6.45, 7) is 8.63. The van der Waals surface area contributed by atoms with Gasteiger partial charge in [-0.2, -0.15) is 0 Å². The first-order chi connectivity index (χ1) is 6.29. The van der Waals surface area contributed by atoms with Gasteiger partial charge in [-0.05, 0) is 31.8 Å². The van der Waals surface area contributed by atoms with Gasteiger partial charge >= 0.3 is 0 Å². The second kappa shape index (κ2) is 8.05. The summed E-state index contributed by atoms with van der Waals surface area (Å²) in [4.78, 5) is 10.6. The molecule has 1 fully saturated rings. The van der Waals surface area contributed by atoms with Gasteiger partial charge in [-0.25, -0.2) is 0 Å². The fraction of sp³-hybridized carbons (Fsp3) is 0.900. The molecule has 2 N–H and O–H groups in total. The average Bonchev–Trinajstić information content (AvgIpc) is 2.19. The molecule has 1 saturated heterocycles. The fourth-order valence-electron chi connectivity index (χ4n) is 1.37. The van der Waals surface area contributed by atoms with Crippen LogP contribution >= 0.6 is 0 Å². The van der Waals surface area contributed by atoms with Crippen LogP contribution in [0, 0.1) is 5.92 Å². The van der Waals surface area contributed by atoms with E-state index in [1.807, 2.05) is 13.8 Å². The number of amides is 1. The Hall–Kier alpha value is -0.570. The molecule has 0 atom stereocenters. The first-order valence-electron chi connectivity index (χ1n) is 5.24. The molecule has 13 heavy (non-hydrogen) atoms. The van der Waals surface area contributed by atoms with Gasteiger partial charge in [-0.3, -0.25) is 4.79 Å². The molecule has 1 amide bonds. The third kappa shape index (κ3) is 6.58. The van der Waals surface area contributed by atoms with Gasteiger partial charge in [0, 0.05) is 13.5 Å². The standard InChI is InChI=1S/C8H16N2O.C2H6/c1-7(11)10-6-8-2-4-9-5-3-8;1-2/h8-9H,2-6H2,1H3,(H,10,11);1-2H3. The molecule has 78 valence electrons. The van der Waals surface area contributed by atoms with Gasteiger partial charge < -0.3 is 10.6 Å². The molecule has 0 aromatic rings. The van der Waals surface area contributed by atoms with Crippen LogP contribution in [-0.4, -0.2) is 25.5 Å². The third-order valence-corrected chi connectivity index (χ3v) is 2.10. The molecule has 0 aliphatic carbocycles. The first kappa shape index (κ1) is 12.4. The van der Waals surface area contributed by atoms with Crippen molar-refractivity contribution in [2.45, 2.75) is 33.6 Å². The normalized spacial score (nSPS) is 17.2. The first-order valence-corrected chi connectivity index (χ1v) is 5.24. The van der Waals surface area contributed by atoms with Crippen molar-refractivity contribution in [3.05, 3.63) is 0 Å². The van der Waals surface area contributed by atoms with Gasteiger partial charge in [0.25, 0.3) is 0 Å². The van der Waals surface area contributed by atoms with Crippen LogP contribution in [0.2, 0.25) is 0 Å². The Morgan fingerprint density at radius 2 is 1.92 bits per heavy atom. The van der Waals surface area contributed by atoms with Crippen LogP contribution in [-0.2, 0) is 4.79 Å². The lowest BCUT2D eigenvalue weighted by atomic mass is 9.98. The van der Waals surface area contributed by atoms with E-state index in [-0.39, 0.29) is 5.91 Å². The van der Waals surface area contributed by atoms with Crippen molar-refractivity contribution in [1.82, 2.24) is 10.6 Å². The quantitative estimate of drug-likeness (QED) is 0.679. The van der Waals surface area contributed by atoms with Gasteiger partial charge in [-0.15, -0.1) is 0 Å². The highest BCUT2D eigenvalue weighted by atomic mass is 16.1. The predicted octanol–water partition coefficient (Wildman–Crippen LogP) is 1.15. The maximum Gasteiger partial charge on any atom is 0.216 e. The molecule has 0 bridgehead atoms. The van der Waals surface area contributed by atoms with Gasteiger partial charge in [0.1, 0.15) is 0 Å². The molecular formula is C10H22N2O. The van der Waals surface area contributed by atoms with E-state index in [1.54, 1.807) is 6.92 Å². The summed E-state index contributed by atoms with van der Waals surface area (Å²) in [6, 6.07) is 0. The van der Waals surface area contributed by atoms with Crippen molar-refractivity contribution in [2.24, 2.45) is 5.92 Å². The number of nitrogens with one attached hydrogen (secondary N) is 2. The topological polar surface area (TPSA) is 41.1 Å². The van der Waals surface area contributed by atoms with E-state index in [2.05, 4.69) is 10.6 Å². The maximum atomic E-state index is 10.6. The van der Waals surface area contributed by atoms with Gasteiger partial charge in [0.05, 0.1) is 0 Å². The zero-order chi connectivity index (χ0) is 10.1.